The SMILES string of the molecule is CC[N+]1(COC(=O)NC)C=NC(C(C)C)=C1Sc1cc(F)cc(F)c1. The van der Waals surface area contributed by atoms with Gasteiger partial charge in [0, 0.05) is 23.9 Å². The Morgan fingerprint density at radius 2 is 1.96 bits per heavy atom. The van der Waals surface area contributed by atoms with Gasteiger partial charge in [-0.25, -0.2) is 23.1 Å². The van der Waals surface area contributed by atoms with Gasteiger partial charge in [-0.3, -0.25) is 0 Å². The predicted molar refractivity (Wildman–Crippen MR) is 93.8 cm³/mol. The fourth-order valence-corrected chi connectivity index (χ4v) is 3.77. The molecule has 1 N–H and O–H groups in total. The van der Waals surface area contributed by atoms with E-state index >= 15 is 0 Å². The molecular weight excluding hydrogens is 348 g/mol. The minimum Gasteiger partial charge on any atom is -0.398 e. The van der Waals surface area contributed by atoms with Gasteiger partial charge in [-0.1, -0.05) is 13.8 Å². The summed E-state index contributed by atoms with van der Waals surface area (Å²) in [7, 11) is 1.48. The van der Waals surface area contributed by atoms with Crippen molar-refractivity contribution in [1.82, 2.24) is 5.32 Å². The Labute approximate surface area is 150 Å². The van der Waals surface area contributed by atoms with Crippen molar-refractivity contribution in [3.05, 3.63) is 40.6 Å². The van der Waals surface area contributed by atoms with Gasteiger partial charge >= 0.3 is 6.09 Å². The van der Waals surface area contributed by atoms with E-state index < -0.39 is 17.7 Å². The molecule has 0 aromatic heterocycles. The van der Waals surface area contributed by atoms with E-state index in [1.165, 1.54) is 30.9 Å². The van der Waals surface area contributed by atoms with Crippen LogP contribution in [0.15, 0.2) is 38.8 Å². The first-order valence-corrected chi connectivity index (χ1v) is 8.78. The molecule has 0 saturated heterocycles. The van der Waals surface area contributed by atoms with Crippen molar-refractivity contribution in [3.63, 3.8) is 0 Å². The number of nitrogens with zero attached hydrogens (tertiary/aromatic N) is 2. The Kier molecular flexibility index (Phi) is 6.18. The van der Waals surface area contributed by atoms with E-state index in [-0.39, 0.29) is 17.1 Å². The van der Waals surface area contributed by atoms with Gasteiger partial charge in [-0.15, -0.1) is 0 Å². The Hall–Kier alpha value is -1.93. The summed E-state index contributed by atoms with van der Waals surface area (Å²) in [5.74, 6) is -1.16. The Bertz CT molecular complexity index is 702. The molecular formula is C17H22F2N3O2S+. The highest BCUT2D eigenvalue weighted by Gasteiger charge is 2.40. The van der Waals surface area contributed by atoms with E-state index in [2.05, 4.69) is 10.3 Å². The molecule has 1 aromatic carbocycles. The number of allylic oxidation sites excluding steroid dienone is 1. The second kappa shape index (κ2) is 7.97. The number of carbonyl (C=O) groups excluding carboxylic acids is 1. The van der Waals surface area contributed by atoms with E-state index in [0.717, 1.165) is 16.8 Å². The number of carbonyl (C=O) groups is 1. The molecule has 136 valence electrons. The Morgan fingerprint density at radius 1 is 1.32 bits per heavy atom. The fraction of sp³-hybridized carbons (Fsp3) is 0.412. The molecule has 1 unspecified atom stereocenters. The van der Waals surface area contributed by atoms with Crippen molar-refractivity contribution in [2.45, 2.75) is 25.7 Å². The normalized spacial score (nSPS) is 19.6. The molecule has 0 aliphatic carbocycles. The summed E-state index contributed by atoms with van der Waals surface area (Å²) in [5.41, 5.74) is 0.817. The van der Waals surface area contributed by atoms with Crippen LogP contribution in [-0.4, -0.2) is 37.2 Å². The van der Waals surface area contributed by atoms with Gasteiger partial charge in [0.1, 0.15) is 17.3 Å². The molecule has 1 amide bonds. The summed E-state index contributed by atoms with van der Waals surface area (Å²) in [6.45, 7) is 6.56. The highest BCUT2D eigenvalue weighted by Crippen LogP contribution is 2.41. The maximum atomic E-state index is 13.5. The van der Waals surface area contributed by atoms with Crippen LogP contribution in [0.4, 0.5) is 13.6 Å². The van der Waals surface area contributed by atoms with Crippen LogP contribution < -0.4 is 5.32 Å². The largest absolute Gasteiger partial charge is 0.411 e. The second-order valence-electron chi connectivity index (χ2n) is 5.96. The highest BCUT2D eigenvalue weighted by molar-refractivity contribution is 8.02. The van der Waals surface area contributed by atoms with Gasteiger partial charge < -0.3 is 10.1 Å². The lowest BCUT2D eigenvalue weighted by molar-refractivity contribution is -0.803. The zero-order valence-corrected chi connectivity index (χ0v) is 15.5. The number of rotatable bonds is 6. The van der Waals surface area contributed by atoms with Gasteiger partial charge in [0.05, 0.1) is 6.54 Å². The average molecular weight is 370 g/mol. The third-order valence-corrected chi connectivity index (χ3v) is 5.07. The van der Waals surface area contributed by atoms with Crippen molar-refractivity contribution in [2.75, 3.05) is 20.3 Å². The number of alkyl carbamates (subject to hydrolysis) is 1. The number of benzene rings is 1. The molecule has 8 heteroatoms. The average Bonchev–Trinajstić information content (AvgIpc) is 2.90. The summed E-state index contributed by atoms with van der Waals surface area (Å²) in [6, 6.07) is 3.39. The number of hydrogen-bond acceptors (Lipinski definition) is 4. The fourth-order valence-electron chi connectivity index (χ4n) is 2.40. The second-order valence-corrected chi connectivity index (χ2v) is 7.02. The Morgan fingerprint density at radius 3 is 2.48 bits per heavy atom. The number of nitrogens with one attached hydrogen (secondary N) is 1. The Balaban J connectivity index is 2.39. The van der Waals surface area contributed by atoms with Crippen molar-refractivity contribution >= 4 is 24.2 Å². The molecule has 5 nitrogen and oxygen atoms in total. The number of thioether (sulfide) groups is 1. The molecule has 1 heterocycles. The lowest BCUT2D eigenvalue weighted by Gasteiger charge is -2.30. The molecule has 0 saturated carbocycles. The van der Waals surface area contributed by atoms with Crippen molar-refractivity contribution in [3.8, 4) is 0 Å². The molecule has 1 aromatic rings. The van der Waals surface area contributed by atoms with Crippen molar-refractivity contribution < 1.29 is 22.8 Å². The number of halogens is 2. The zero-order chi connectivity index (χ0) is 18.6. The molecule has 2 rings (SSSR count). The zero-order valence-electron chi connectivity index (χ0n) is 14.7. The van der Waals surface area contributed by atoms with E-state index in [4.69, 9.17) is 4.74 Å². The monoisotopic (exact) mass is 370 g/mol. The topological polar surface area (TPSA) is 50.7 Å². The molecule has 0 spiro atoms. The maximum absolute atomic E-state index is 13.5. The first-order chi connectivity index (χ1) is 11.8. The van der Waals surface area contributed by atoms with E-state index in [1.807, 2.05) is 20.8 Å². The lowest BCUT2D eigenvalue weighted by atomic mass is 10.1. The van der Waals surface area contributed by atoms with E-state index in [1.54, 1.807) is 6.34 Å². The van der Waals surface area contributed by atoms with E-state index in [0.29, 0.717) is 11.4 Å². The predicted octanol–water partition coefficient (Wildman–Crippen LogP) is 4.07. The summed E-state index contributed by atoms with van der Waals surface area (Å²) in [5, 5.41) is 3.20. The minimum absolute atomic E-state index is 0.0516. The van der Waals surface area contributed by atoms with Gasteiger partial charge in [0.2, 0.25) is 11.8 Å². The first kappa shape index (κ1) is 19.4. The van der Waals surface area contributed by atoms with Gasteiger partial charge in [-0.05, 0) is 30.8 Å². The quantitative estimate of drug-likeness (QED) is 0.768. The maximum Gasteiger partial charge on any atom is 0.411 e. The van der Waals surface area contributed by atoms with E-state index in [9.17, 15) is 13.6 Å². The number of quaternary nitrogens is 1. The van der Waals surface area contributed by atoms with Crippen LogP contribution >= 0.6 is 11.8 Å². The third kappa shape index (κ3) is 4.38. The van der Waals surface area contributed by atoms with Crippen LogP contribution in [0, 0.1) is 17.6 Å². The number of aliphatic imine (C=N–C) groups is 1. The standard InChI is InChI=1S/C17H21F2N3O2S/c1-5-22(10-24-17(23)20-4)9-21-15(11(2)3)16(22)25-14-7-12(18)6-13(19)8-14/h6-9,11H,5,10H2,1-4H3/p+1. The molecule has 25 heavy (non-hydrogen) atoms. The van der Waals surface area contributed by atoms with Crippen LogP contribution in [-0.2, 0) is 4.74 Å². The number of ether oxygens (including phenoxy) is 1. The molecule has 0 fully saturated rings. The lowest BCUT2D eigenvalue weighted by Crippen LogP contribution is -2.46. The summed E-state index contributed by atoms with van der Waals surface area (Å²) < 4.78 is 32.5. The van der Waals surface area contributed by atoms with Gasteiger partial charge in [0.25, 0.3) is 0 Å². The molecule has 1 aliphatic rings. The van der Waals surface area contributed by atoms with Crippen LogP contribution in [0.2, 0.25) is 0 Å². The summed E-state index contributed by atoms with van der Waals surface area (Å²) in [6.07, 6.45) is 1.18. The number of amides is 1. The number of hydrogen-bond donors (Lipinski definition) is 1. The van der Waals surface area contributed by atoms with Crippen LogP contribution in [0.25, 0.3) is 0 Å². The summed E-state index contributed by atoms with van der Waals surface area (Å²) >= 11 is 1.24. The van der Waals surface area contributed by atoms with Crippen molar-refractivity contribution in [2.24, 2.45) is 10.9 Å². The smallest absolute Gasteiger partial charge is 0.398 e. The first-order valence-electron chi connectivity index (χ1n) is 7.96. The molecule has 1 aliphatic heterocycles. The third-order valence-electron chi connectivity index (χ3n) is 3.83. The van der Waals surface area contributed by atoms with Crippen molar-refractivity contribution in [1.29, 1.82) is 0 Å². The van der Waals surface area contributed by atoms with Gasteiger partial charge in [-0.2, -0.15) is 0 Å². The van der Waals surface area contributed by atoms with Gasteiger partial charge in [0.15, 0.2) is 6.34 Å². The molecule has 0 bridgehead atoms. The van der Waals surface area contributed by atoms with Crippen LogP contribution in [0.1, 0.15) is 20.8 Å². The van der Waals surface area contributed by atoms with Crippen LogP contribution in [0.5, 0.6) is 0 Å². The molecule has 1 atom stereocenters. The van der Waals surface area contributed by atoms with Crippen LogP contribution in [0.3, 0.4) is 0 Å². The summed E-state index contributed by atoms with van der Waals surface area (Å²) in [4.78, 5) is 16.4. The highest BCUT2D eigenvalue weighted by atomic mass is 32.2. The minimum atomic E-state index is -0.635. The molecule has 0 radical (unpaired) electrons.